The zero-order valence-corrected chi connectivity index (χ0v) is 15.5. The molecule has 6 nitrogen and oxygen atoms in total. The number of rotatable bonds is 3. The van der Waals surface area contributed by atoms with Gasteiger partial charge in [-0.3, -0.25) is 4.79 Å². The first kappa shape index (κ1) is 16.8. The van der Waals surface area contributed by atoms with Crippen molar-refractivity contribution < 1.29 is 9.63 Å². The van der Waals surface area contributed by atoms with Gasteiger partial charge in [0, 0.05) is 20.4 Å². The summed E-state index contributed by atoms with van der Waals surface area (Å²) in [6.07, 6.45) is 0.295. The highest BCUT2D eigenvalue weighted by Gasteiger charge is 2.15. The summed E-state index contributed by atoms with van der Waals surface area (Å²) in [4.78, 5) is 19.4. The molecule has 4 rings (SSSR count). The van der Waals surface area contributed by atoms with Gasteiger partial charge in [-0.1, -0.05) is 38.8 Å². The third kappa shape index (κ3) is 3.23. The van der Waals surface area contributed by atoms with Gasteiger partial charge < -0.3 is 14.6 Å². The van der Waals surface area contributed by atoms with Crippen LogP contribution in [0.1, 0.15) is 11.5 Å². The van der Waals surface area contributed by atoms with Gasteiger partial charge in [-0.2, -0.15) is 4.98 Å². The number of phenolic OH excluding ortho intramolecular Hbond substituents is 1. The first-order chi connectivity index (χ1) is 12.5. The fraction of sp³-hybridized carbons (Fsp3) is 0.0556. The summed E-state index contributed by atoms with van der Waals surface area (Å²) in [5.74, 6) is 0.609. The SMILES string of the molecule is O=c1[nH]c2ccc(Br)cc2cc1-c1noc(Cc2ccc(O)cc2Cl)n1. The molecule has 0 aliphatic carbocycles. The van der Waals surface area contributed by atoms with Crippen LogP contribution in [0.25, 0.3) is 22.3 Å². The highest BCUT2D eigenvalue weighted by atomic mass is 79.9. The van der Waals surface area contributed by atoms with Crippen LogP contribution in [-0.2, 0) is 6.42 Å². The Balaban J connectivity index is 1.70. The summed E-state index contributed by atoms with van der Waals surface area (Å²) >= 11 is 9.51. The van der Waals surface area contributed by atoms with E-state index >= 15 is 0 Å². The molecule has 0 bridgehead atoms. The number of phenols is 1. The molecule has 0 amide bonds. The monoisotopic (exact) mass is 431 g/mol. The number of hydrogen-bond donors (Lipinski definition) is 2. The van der Waals surface area contributed by atoms with Gasteiger partial charge in [0.15, 0.2) is 0 Å². The van der Waals surface area contributed by atoms with Crippen molar-refractivity contribution in [1.29, 1.82) is 0 Å². The van der Waals surface area contributed by atoms with Gasteiger partial charge in [-0.15, -0.1) is 0 Å². The number of halogens is 2. The summed E-state index contributed by atoms with van der Waals surface area (Å²) < 4.78 is 6.16. The van der Waals surface area contributed by atoms with Crippen molar-refractivity contribution >= 4 is 38.4 Å². The van der Waals surface area contributed by atoms with E-state index < -0.39 is 0 Å². The van der Waals surface area contributed by atoms with Gasteiger partial charge >= 0.3 is 0 Å². The molecule has 130 valence electrons. The molecule has 26 heavy (non-hydrogen) atoms. The highest BCUT2D eigenvalue weighted by Crippen LogP contribution is 2.25. The molecule has 0 spiro atoms. The van der Waals surface area contributed by atoms with Gasteiger partial charge in [0.05, 0.1) is 12.0 Å². The molecule has 0 unspecified atom stereocenters. The van der Waals surface area contributed by atoms with Crippen LogP contribution >= 0.6 is 27.5 Å². The Labute approximate surface area is 160 Å². The number of pyridine rings is 1. The number of aromatic hydroxyl groups is 1. The molecule has 2 aromatic heterocycles. The molecule has 0 aliphatic rings. The van der Waals surface area contributed by atoms with Crippen LogP contribution in [0, 0.1) is 0 Å². The predicted octanol–water partition coefficient (Wildman–Crippen LogP) is 4.29. The van der Waals surface area contributed by atoms with Crippen LogP contribution in [0.15, 0.2) is 56.3 Å². The quantitative estimate of drug-likeness (QED) is 0.504. The average Bonchev–Trinajstić information content (AvgIpc) is 3.05. The molecule has 2 N–H and O–H groups in total. The van der Waals surface area contributed by atoms with Crippen molar-refractivity contribution in [1.82, 2.24) is 15.1 Å². The van der Waals surface area contributed by atoms with E-state index in [-0.39, 0.29) is 17.1 Å². The largest absolute Gasteiger partial charge is 0.508 e. The lowest BCUT2D eigenvalue weighted by atomic mass is 10.1. The normalized spacial score (nSPS) is 11.2. The molecule has 2 heterocycles. The number of H-pyrrole nitrogens is 1. The number of benzene rings is 2. The third-order valence-corrected chi connectivity index (χ3v) is 4.74. The maximum absolute atomic E-state index is 12.3. The van der Waals surface area contributed by atoms with Crippen LogP contribution in [0.3, 0.4) is 0 Å². The molecule has 0 atom stereocenters. The molecule has 8 heteroatoms. The van der Waals surface area contributed by atoms with Crippen LogP contribution in [0.2, 0.25) is 5.02 Å². The predicted molar refractivity (Wildman–Crippen MR) is 101 cm³/mol. The lowest BCUT2D eigenvalue weighted by Gasteiger charge is -2.01. The van der Waals surface area contributed by atoms with Crippen LogP contribution < -0.4 is 5.56 Å². The number of aromatic nitrogens is 3. The van der Waals surface area contributed by atoms with Gasteiger partial charge in [0.2, 0.25) is 11.7 Å². The zero-order chi connectivity index (χ0) is 18.3. The number of fused-ring (bicyclic) bond motifs is 1. The van der Waals surface area contributed by atoms with Gasteiger partial charge in [0.1, 0.15) is 5.75 Å². The molecule has 0 radical (unpaired) electrons. The molecule has 2 aromatic carbocycles. The zero-order valence-electron chi connectivity index (χ0n) is 13.2. The van der Waals surface area contributed by atoms with Crippen LogP contribution in [0.4, 0.5) is 0 Å². The van der Waals surface area contributed by atoms with E-state index in [4.69, 9.17) is 16.1 Å². The van der Waals surface area contributed by atoms with Gasteiger partial charge in [0.25, 0.3) is 5.56 Å². The van der Waals surface area contributed by atoms with E-state index in [2.05, 4.69) is 31.1 Å². The molecule has 0 saturated carbocycles. The second kappa shape index (κ2) is 6.59. The van der Waals surface area contributed by atoms with Crippen molar-refractivity contribution in [2.75, 3.05) is 0 Å². The summed E-state index contributed by atoms with van der Waals surface area (Å²) in [7, 11) is 0. The summed E-state index contributed by atoms with van der Waals surface area (Å²) in [6.45, 7) is 0. The third-order valence-electron chi connectivity index (χ3n) is 3.89. The number of hydrogen-bond acceptors (Lipinski definition) is 5. The lowest BCUT2D eigenvalue weighted by Crippen LogP contribution is -2.09. The molecule has 0 aliphatic heterocycles. The van der Waals surface area contributed by atoms with Crippen molar-refractivity contribution in [2.45, 2.75) is 6.42 Å². The lowest BCUT2D eigenvalue weighted by molar-refractivity contribution is 0.385. The maximum Gasteiger partial charge on any atom is 0.259 e. The Morgan fingerprint density at radius 1 is 1.19 bits per heavy atom. The topological polar surface area (TPSA) is 92.0 Å². The Hall–Kier alpha value is -2.64. The number of nitrogens with zero attached hydrogens (tertiary/aromatic N) is 2. The Kier molecular flexibility index (Phi) is 4.26. The van der Waals surface area contributed by atoms with E-state index in [0.29, 0.717) is 22.9 Å². The van der Waals surface area contributed by atoms with Crippen molar-refractivity contribution in [3.8, 4) is 17.1 Å². The van der Waals surface area contributed by atoms with E-state index in [1.165, 1.54) is 12.1 Å². The fourth-order valence-electron chi connectivity index (χ4n) is 2.62. The smallest absolute Gasteiger partial charge is 0.259 e. The molecule has 4 aromatic rings. The van der Waals surface area contributed by atoms with E-state index in [0.717, 1.165) is 20.9 Å². The molecular weight excluding hydrogens is 422 g/mol. The summed E-state index contributed by atoms with van der Waals surface area (Å²) in [6, 6.07) is 11.9. The maximum atomic E-state index is 12.3. The molecule has 0 saturated heterocycles. The summed E-state index contributed by atoms with van der Waals surface area (Å²) in [5, 5.41) is 14.6. The summed E-state index contributed by atoms with van der Waals surface area (Å²) in [5.41, 5.74) is 1.48. The number of nitrogens with one attached hydrogen (secondary N) is 1. The Bertz CT molecular complexity index is 1190. The highest BCUT2D eigenvalue weighted by molar-refractivity contribution is 9.10. The minimum Gasteiger partial charge on any atom is -0.508 e. The van der Waals surface area contributed by atoms with Crippen LogP contribution in [-0.4, -0.2) is 20.2 Å². The standard InChI is InChI=1S/C18H11BrClN3O3/c19-11-2-4-15-10(5-11)6-13(18(25)21-15)17-22-16(26-23-17)7-9-1-3-12(24)8-14(9)20/h1-6,8,24H,7H2,(H,21,25). The fourth-order valence-corrected chi connectivity index (χ4v) is 3.24. The molecular formula is C18H11BrClN3O3. The average molecular weight is 433 g/mol. The van der Waals surface area contributed by atoms with Crippen LogP contribution in [0.5, 0.6) is 5.75 Å². The first-order valence-electron chi connectivity index (χ1n) is 7.62. The minimum atomic E-state index is -0.296. The first-order valence-corrected chi connectivity index (χ1v) is 8.79. The minimum absolute atomic E-state index is 0.0822. The van der Waals surface area contributed by atoms with Gasteiger partial charge in [-0.25, -0.2) is 0 Å². The van der Waals surface area contributed by atoms with Crippen molar-refractivity contribution in [3.63, 3.8) is 0 Å². The Morgan fingerprint density at radius 3 is 2.85 bits per heavy atom. The number of aromatic amines is 1. The molecule has 0 fully saturated rings. The van der Waals surface area contributed by atoms with Gasteiger partial charge in [-0.05, 0) is 42.0 Å². The van der Waals surface area contributed by atoms with E-state index in [9.17, 15) is 9.90 Å². The van der Waals surface area contributed by atoms with E-state index in [1.807, 2.05) is 18.2 Å². The second-order valence-electron chi connectivity index (χ2n) is 5.71. The van der Waals surface area contributed by atoms with Crippen molar-refractivity contribution in [2.24, 2.45) is 0 Å². The second-order valence-corrected chi connectivity index (χ2v) is 7.03. The van der Waals surface area contributed by atoms with E-state index in [1.54, 1.807) is 12.1 Å². The Morgan fingerprint density at radius 2 is 2.04 bits per heavy atom. The van der Waals surface area contributed by atoms with Crippen molar-refractivity contribution in [3.05, 3.63) is 73.8 Å².